The molecule has 0 unspecified atom stereocenters. The van der Waals surface area contributed by atoms with Crippen LogP contribution < -0.4 is 5.32 Å². The van der Waals surface area contributed by atoms with Crippen LogP contribution in [0.25, 0.3) is 0 Å². The number of nitrogens with one attached hydrogen (secondary N) is 1. The molecule has 8 heteroatoms. The summed E-state index contributed by atoms with van der Waals surface area (Å²) in [5.74, 6) is -1.03. The number of carbonyl (C=O) groups excluding carboxylic acids is 2. The van der Waals surface area contributed by atoms with Crippen LogP contribution >= 0.6 is 0 Å². The van der Waals surface area contributed by atoms with Gasteiger partial charge in [-0.3, -0.25) is 14.5 Å². The molecule has 1 saturated heterocycles. The molecule has 19 heavy (non-hydrogen) atoms. The number of carboxylic acids is 1. The first-order valence-electron chi connectivity index (χ1n) is 6.07. The van der Waals surface area contributed by atoms with Gasteiger partial charge in [0.05, 0.1) is 13.1 Å². The van der Waals surface area contributed by atoms with Crippen LogP contribution in [0.1, 0.15) is 0 Å². The minimum Gasteiger partial charge on any atom is -0.480 e. The lowest BCUT2D eigenvalue weighted by Gasteiger charge is -2.33. The molecule has 0 aromatic heterocycles. The first kappa shape index (κ1) is 15.2. The Bertz CT molecular complexity index is 351. The molecule has 0 spiro atoms. The number of likely N-dealkylation sites (N-methyl/N-ethyl adjacent to an activating group) is 1. The van der Waals surface area contributed by atoms with Crippen molar-refractivity contribution in [3.05, 3.63) is 0 Å². The molecule has 1 aliphatic rings. The molecule has 1 rings (SSSR count). The van der Waals surface area contributed by atoms with Crippen molar-refractivity contribution in [2.24, 2.45) is 0 Å². The molecule has 0 aliphatic carbocycles. The average Bonchev–Trinajstić information content (AvgIpc) is 2.35. The molecule has 0 aromatic rings. The lowest BCUT2D eigenvalue weighted by Crippen LogP contribution is -2.53. The zero-order chi connectivity index (χ0) is 14.4. The van der Waals surface area contributed by atoms with E-state index in [1.165, 1.54) is 4.90 Å². The summed E-state index contributed by atoms with van der Waals surface area (Å²) in [6.45, 7) is 1.96. The van der Waals surface area contributed by atoms with Crippen molar-refractivity contribution in [1.29, 1.82) is 0 Å². The lowest BCUT2D eigenvalue weighted by atomic mass is 10.3. The predicted molar refractivity (Wildman–Crippen MR) is 67.7 cm³/mol. The minimum atomic E-state index is -0.866. The van der Waals surface area contributed by atoms with Gasteiger partial charge in [0, 0.05) is 40.3 Å². The van der Waals surface area contributed by atoms with E-state index in [2.05, 4.69) is 5.32 Å². The van der Waals surface area contributed by atoms with Crippen molar-refractivity contribution in [3.63, 3.8) is 0 Å². The largest absolute Gasteiger partial charge is 0.480 e. The van der Waals surface area contributed by atoms with E-state index in [9.17, 15) is 14.4 Å². The number of hydrogen-bond donors (Lipinski definition) is 2. The molecule has 0 aromatic carbocycles. The van der Waals surface area contributed by atoms with E-state index < -0.39 is 5.97 Å². The van der Waals surface area contributed by atoms with Crippen molar-refractivity contribution < 1.29 is 19.5 Å². The topological polar surface area (TPSA) is 93.2 Å². The Morgan fingerprint density at radius 2 is 1.74 bits per heavy atom. The highest BCUT2D eigenvalue weighted by molar-refractivity contribution is 5.83. The fraction of sp³-hybridized carbons (Fsp3) is 0.727. The highest BCUT2D eigenvalue weighted by Gasteiger charge is 2.22. The number of rotatable bonds is 4. The Hall–Kier alpha value is -1.83. The zero-order valence-electron chi connectivity index (χ0n) is 11.3. The SMILES string of the molecule is CN(C)C(=O)CNC(=O)N1CCN(CC(=O)O)CC1. The van der Waals surface area contributed by atoms with Crippen molar-refractivity contribution in [2.45, 2.75) is 0 Å². The van der Waals surface area contributed by atoms with E-state index in [0.717, 1.165) is 0 Å². The summed E-state index contributed by atoms with van der Waals surface area (Å²) >= 11 is 0. The molecular formula is C11H20N4O4. The maximum Gasteiger partial charge on any atom is 0.317 e. The maximum absolute atomic E-state index is 11.8. The lowest BCUT2D eigenvalue weighted by molar-refractivity contribution is -0.138. The monoisotopic (exact) mass is 272 g/mol. The molecule has 0 bridgehead atoms. The summed E-state index contributed by atoms with van der Waals surface area (Å²) in [5, 5.41) is 11.2. The Morgan fingerprint density at radius 1 is 1.16 bits per heavy atom. The summed E-state index contributed by atoms with van der Waals surface area (Å²) in [6, 6.07) is -0.287. The number of urea groups is 1. The summed E-state index contributed by atoms with van der Waals surface area (Å²) in [7, 11) is 3.25. The fourth-order valence-corrected chi connectivity index (χ4v) is 1.72. The van der Waals surface area contributed by atoms with Gasteiger partial charge in [0.1, 0.15) is 0 Å². The number of aliphatic carboxylic acids is 1. The first-order chi connectivity index (χ1) is 8.90. The van der Waals surface area contributed by atoms with Gasteiger partial charge in [-0.15, -0.1) is 0 Å². The van der Waals surface area contributed by atoms with Gasteiger partial charge in [0.2, 0.25) is 5.91 Å². The average molecular weight is 272 g/mol. The van der Waals surface area contributed by atoms with Crippen LogP contribution in [0.2, 0.25) is 0 Å². The third-order valence-corrected chi connectivity index (χ3v) is 2.91. The Labute approximate surface area is 111 Å². The molecule has 1 aliphatic heterocycles. The van der Waals surface area contributed by atoms with Gasteiger partial charge >= 0.3 is 12.0 Å². The zero-order valence-corrected chi connectivity index (χ0v) is 11.3. The van der Waals surface area contributed by atoms with Crippen LogP contribution in [0.3, 0.4) is 0 Å². The van der Waals surface area contributed by atoms with Gasteiger partial charge in [-0.25, -0.2) is 4.79 Å². The van der Waals surface area contributed by atoms with Crippen molar-refractivity contribution >= 4 is 17.9 Å². The van der Waals surface area contributed by atoms with Gasteiger partial charge in [-0.1, -0.05) is 0 Å². The van der Waals surface area contributed by atoms with Crippen molar-refractivity contribution in [1.82, 2.24) is 20.0 Å². The van der Waals surface area contributed by atoms with E-state index in [1.807, 2.05) is 0 Å². The van der Waals surface area contributed by atoms with Crippen LogP contribution in [-0.2, 0) is 9.59 Å². The normalized spacial score (nSPS) is 16.0. The molecule has 108 valence electrons. The summed E-state index contributed by atoms with van der Waals surface area (Å²) in [6.07, 6.45) is 0. The van der Waals surface area contributed by atoms with Gasteiger partial charge in [-0.05, 0) is 0 Å². The number of carboxylic acid groups (broad SMARTS) is 1. The first-order valence-corrected chi connectivity index (χ1v) is 6.07. The van der Waals surface area contributed by atoms with E-state index in [0.29, 0.717) is 26.2 Å². The van der Waals surface area contributed by atoms with E-state index >= 15 is 0 Å². The molecular weight excluding hydrogens is 252 g/mol. The Morgan fingerprint density at radius 3 is 2.21 bits per heavy atom. The van der Waals surface area contributed by atoms with Crippen LogP contribution in [-0.4, -0.2) is 91.1 Å². The molecule has 3 amide bonds. The van der Waals surface area contributed by atoms with E-state index in [-0.39, 0.29) is 25.0 Å². The predicted octanol–water partition coefficient (Wildman–Crippen LogP) is -1.51. The standard InChI is InChI=1S/C11H20N4O4/c1-13(2)9(16)7-12-11(19)15-5-3-14(4-6-15)8-10(17)18/h3-8H2,1-2H3,(H,12,19)(H,17,18). The number of piperazine rings is 1. The quantitative estimate of drug-likeness (QED) is 0.649. The molecule has 8 nitrogen and oxygen atoms in total. The summed E-state index contributed by atoms with van der Waals surface area (Å²) in [4.78, 5) is 38.4. The Kier molecular flexibility index (Phi) is 5.56. The van der Waals surface area contributed by atoms with E-state index in [4.69, 9.17) is 5.11 Å². The smallest absolute Gasteiger partial charge is 0.317 e. The summed E-state index contributed by atoms with van der Waals surface area (Å²) in [5.41, 5.74) is 0. The number of hydrogen-bond acceptors (Lipinski definition) is 4. The van der Waals surface area contributed by atoms with Gasteiger partial charge < -0.3 is 20.2 Å². The van der Waals surface area contributed by atoms with Crippen LogP contribution in [0.4, 0.5) is 4.79 Å². The van der Waals surface area contributed by atoms with Crippen LogP contribution in [0, 0.1) is 0 Å². The van der Waals surface area contributed by atoms with Gasteiger partial charge in [0.25, 0.3) is 0 Å². The third kappa shape index (κ3) is 5.12. The molecule has 0 atom stereocenters. The molecule has 1 fully saturated rings. The molecule has 2 N–H and O–H groups in total. The highest BCUT2D eigenvalue weighted by Crippen LogP contribution is 2.01. The highest BCUT2D eigenvalue weighted by atomic mass is 16.4. The fourth-order valence-electron chi connectivity index (χ4n) is 1.72. The van der Waals surface area contributed by atoms with Gasteiger partial charge in [0.15, 0.2) is 0 Å². The van der Waals surface area contributed by atoms with Crippen molar-refractivity contribution in [2.75, 3.05) is 53.4 Å². The number of amides is 3. The van der Waals surface area contributed by atoms with Crippen molar-refractivity contribution in [3.8, 4) is 0 Å². The minimum absolute atomic E-state index is 0.00538. The molecule has 0 radical (unpaired) electrons. The Balaban J connectivity index is 2.29. The number of carbonyl (C=O) groups is 3. The second kappa shape index (κ2) is 6.93. The third-order valence-electron chi connectivity index (χ3n) is 2.91. The number of nitrogens with zero attached hydrogens (tertiary/aromatic N) is 3. The second-order valence-electron chi connectivity index (χ2n) is 4.60. The van der Waals surface area contributed by atoms with Gasteiger partial charge in [-0.2, -0.15) is 0 Å². The molecule has 0 saturated carbocycles. The van der Waals surface area contributed by atoms with Crippen LogP contribution in [0.15, 0.2) is 0 Å². The molecule has 1 heterocycles. The maximum atomic E-state index is 11.8. The van der Waals surface area contributed by atoms with E-state index in [1.54, 1.807) is 23.9 Å². The second-order valence-corrected chi connectivity index (χ2v) is 4.60. The van der Waals surface area contributed by atoms with Crippen LogP contribution in [0.5, 0.6) is 0 Å². The summed E-state index contributed by atoms with van der Waals surface area (Å²) < 4.78 is 0.